The summed E-state index contributed by atoms with van der Waals surface area (Å²) in [6.45, 7) is 0.473. The second-order valence-corrected chi connectivity index (χ2v) is 6.06. The first-order valence-electron chi connectivity index (χ1n) is 7.42. The van der Waals surface area contributed by atoms with Gasteiger partial charge < -0.3 is 9.75 Å². The molecule has 0 aliphatic carbocycles. The molecule has 5 heteroatoms. The molecule has 0 unspecified atom stereocenters. The van der Waals surface area contributed by atoms with E-state index in [0.717, 1.165) is 41.0 Å². The van der Waals surface area contributed by atoms with E-state index in [0.29, 0.717) is 11.6 Å². The first-order valence-corrected chi connectivity index (χ1v) is 7.80. The van der Waals surface area contributed by atoms with Gasteiger partial charge in [-0.1, -0.05) is 23.7 Å². The number of rotatable bonds is 4. The van der Waals surface area contributed by atoms with Gasteiger partial charge in [-0.2, -0.15) is 0 Å². The van der Waals surface area contributed by atoms with Crippen molar-refractivity contribution in [1.29, 1.82) is 0 Å². The highest BCUT2D eigenvalue weighted by Gasteiger charge is 2.22. The summed E-state index contributed by atoms with van der Waals surface area (Å²) in [7, 11) is 1.80. The summed E-state index contributed by atoms with van der Waals surface area (Å²) in [6, 6.07) is 12.2. The van der Waals surface area contributed by atoms with Crippen LogP contribution in [0, 0.1) is 5.82 Å². The maximum absolute atomic E-state index is 13.3. The second kappa shape index (κ2) is 6.60. The fourth-order valence-electron chi connectivity index (χ4n) is 2.85. The van der Waals surface area contributed by atoms with Crippen LogP contribution >= 0.6 is 11.6 Å². The minimum absolute atomic E-state index is 0.218. The van der Waals surface area contributed by atoms with Crippen LogP contribution in [-0.2, 0) is 6.42 Å². The van der Waals surface area contributed by atoms with Crippen LogP contribution in [0.3, 0.4) is 0 Å². The van der Waals surface area contributed by atoms with Crippen LogP contribution < -0.4 is 10.6 Å². The lowest BCUT2D eigenvalue weighted by Gasteiger charge is -2.28. The molecule has 1 aliphatic heterocycles. The zero-order valence-corrected chi connectivity index (χ0v) is 13.6. The Labute approximate surface area is 140 Å². The van der Waals surface area contributed by atoms with Gasteiger partial charge in [-0.05, 0) is 54.3 Å². The summed E-state index contributed by atoms with van der Waals surface area (Å²) in [5.41, 5.74) is 3.84. The van der Waals surface area contributed by atoms with E-state index in [1.807, 2.05) is 18.2 Å². The lowest BCUT2D eigenvalue weighted by atomic mass is 9.97. The summed E-state index contributed by atoms with van der Waals surface area (Å²) in [5.74, 6) is 6.59. The zero-order chi connectivity index (χ0) is 16.4. The predicted octanol–water partition coefficient (Wildman–Crippen LogP) is 4.02. The molecule has 0 fully saturated rings. The van der Waals surface area contributed by atoms with Gasteiger partial charge in [0.05, 0.1) is 5.70 Å². The van der Waals surface area contributed by atoms with Gasteiger partial charge in [-0.15, -0.1) is 0 Å². The Morgan fingerprint density at radius 3 is 2.78 bits per heavy atom. The minimum Gasteiger partial charge on any atom is -0.488 e. The Morgan fingerprint density at radius 1 is 1.22 bits per heavy atom. The molecule has 0 atom stereocenters. The van der Waals surface area contributed by atoms with Crippen molar-refractivity contribution in [3.8, 4) is 5.75 Å². The van der Waals surface area contributed by atoms with E-state index in [9.17, 15) is 4.39 Å². The van der Waals surface area contributed by atoms with Gasteiger partial charge in [0, 0.05) is 17.6 Å². The van der Waals surface area contributed by atoms with Crippen LogP contribution in [0.15, 0.2) is 48.0 Å². The van der Waals surface area contributed by atoms with Crippen LogP contribution in [0.4, 0.5) is 4.39 Å². The lowest BCUT2D eigenvalue weighted by molar-refractivity contribution is 0.331. The number of nitrogens with zero attached hydrogens (tertiary/aromatic N) is 1. The summed E-state index contributed by atoms with van der Waals surface area (Å²) in [4.78, 5) is 0. The summed E-state index contributed by atoms with van der Waals surface area (Å²) in [6.07, 6.45) is 1.47. The number of hydrogen-bond acceptors (Lipinski definition) is 3. The SMILES string of the molecule is CN(N)C1=C(CCc2cccc(F)c2)COc2ccc(Cl)cc21. The molecule has 2 aromatic carbocycles. The molecule has 0 amide bonds. The summed E-state index contributed by atoms with van der Waals surface area (Å²) < 4.78 is 19.1. The molecule has 3 rings (SSSR count). The van der Waals surface area contributed by atoms with Crippen molar-refractivity contribution >= 4 is 17.3 Å². The van der Waals surface area contributed by atoms with E-state index in [-0.39, 0.29) is 5.82 Å². The molecule has 0 radical (unpaired) electrons. The van der Waals surface area contributed by atoms with Gasteiger partial charge in [0.2, 0.25) is 0 Å². The monoisotopic (exact) mass is 332 g/mol. The third-order valence-corrected chi connectivity index (χ3v) is 4.13. The van der Waals surface area contributed by atoms with E-state index in [2.05, 4.69) is 0 Å². The molecule has 0 saturated heterocycles. The highest BCUT2D eigenvalue weighted by molar-refractivity contribution is 6.30. The topological polar surface area (TPSA) is 38.5 Å². The molecule has 0 bridgehead atoms. The molecule has 2 aromatic rings. The fourth-order valence-corrected chi connectivity index (χ4v) is 3.03. The van der Waals surface area contributed by atoms with Crippen LogP contribution in [-0.4, -0.2) is 18.7 Å². The zero-order valence-electron chi connectivity index (χ0n) is 12.9. The normalized spacial score (nSPS) is 13.6. The number of aryl methyl sites for hydroxylation is 1. The third kappa shape index (κ3) is 3.49. The van der Waals surface area contributed by atoms with Gasteiger partial charge in [0.25, 0.3) is 0 Å². The van der Waals surface area contributed by atoms with Crippen molar-refractivity contribution in [2.75, 3.05) is 13.7 Å². The van der Waals surface area contributed by atoms with E-state index in [1.165, 1.54) is 6.07 Å². The van der Waals surface area contributed by atoms with E-state index in [4.69, 9.17) is 22.2 Å². The fraction of sp³-hybridized carbons (Fsp3) is 0.222. The van der Waals surface area contributed by atoms with Crippen molar-refractivity contribution in [3.63, 3.8) is 0 Å². The van der Waals surface area contributed by atoms with Crippen LogP contribution in [0.25, 0.3) is 5.70 Å². The number of ether oxygens (including phenoxy) is 1. The number of nitrogens with two attached hydrogens (primary N) is 1. The molecule has 1 heterocycles. The van der Waals surface area contributed by atoms with Gasteiger partial charge >= 0.3 is 0 Å². The van der Waals surface area contributed by atoms with Gasteiger partial charge in [-0.3, -0.25) is 0 Å². The second-order valence-electron chi connectivity index (χ2n) is 5.62. The van der Waals surface area contributed by atoms with Crippen molar-refractivity contribution < 1.29 is 9.13 Å². The minimum atomic E-state index is -0.218. The third-order valence-electron chi connectivity index (χ3n) is 3.89. The number of hydrazine groups is 1. The Kier molecular flexibility index (Phi) is 4.55. The standard InChI is InChI=1S/C18H18ClFN2O/c1-22(21)18-13(6-5-12-3-2-4-15(20)9-12)11-23-17-8-7-14(19)10-16(17)18/h2-4,7-10H,5-6,11,21H2,1H3. The van der Waals surface area contributed by atoms with Crippen molar-refractivity contribution in [2.45, 2.75) is 12.8 Å². The van der Waals surface area contributed by atoms with Gasteiger partial charge in [0.1, 0.15) is 18.2 Å². The molecular weight excluding hydrogens is 315 g/mol. The smallest absolute Gasteiger partial charge is 0.129 e. The lowest BCUT2D eigenvalue weighted by Crippen LogP contribution is -2.29. The van der Waals surface area contributed by atoms with Gasteiger partial charge in [-0.25, -0.2) is 10.2 Å². The maximum atomic E-state index is 13.3. The molecular formula is C18H18ClFN2O. The molecule has 0 saturated carbocycles. The maximum Gasteiger partial charge on any atom is 0.129 e. The van der Waals surface area contributed by atoms with E-state index in [1.54, 1.807) is 30.3 Å². The Bertz CT molecular complexity index is 758. The number of fused-ring (bicyclic) bond motifs is 1. The number of benzene rings is 2. The quantitative estimate of drug-likeness (QED) is 0.679. The van der Waals surface area contributed by atoms with Crippen molar-refractivity contribution in [2.24, 2.45) is 5.84 Å². The van der Waals surface area contributed by atoms with Crippen LogP contribution in [0.5, 0.6) is 5.75 Å². The molecule has 1 aliphatic rings. The Hall–Kier alpha value is -2.04. The number of halogens is 2. The summed E-state index contributed by atoms with van der Waals surface area (Å²) >= 11 is 6.11. The van der Waals surface area contributed by atoms with Crippen LogP contribution in [0.1, 0.15) is 17.5 Å². The molecule has 23 heavy (non-hydrogen) atoms. The Morgan fingerprint density at radius 2 is 2.04 bits per heavy atom. The molecule has 0 spiro atoms. The van der Waals surface area contributed by atoms with E-state index < -0.39 is 0 Å². The first kappa shape index (κ1) is 15.8. The summed E-state index contributed by atoms with van der Waals surface area (Å²) in [5, 5.41) is 2.23. The van der Waals surface area contributed by atoms with Crippen LogP contribution in [0.2, 0.25) is 5.02 Å². The Balaban J connectivity index is 1.90. The number of hydrogen-bond donors (Lipinski definition) is 1. The average Bonchev–Trinajstić information content (AvgIpc) is 2.52. The molecule has 120 valence electrons. The highest BCUT2D eigenvalue weighted by Crippen LogP contribution is 2.36. The highest BCUT2D eigenvalue weighted by atomic mass is 35.5. The van der Waals surface area contributed by atoms with Gasteiger partial charge in [0.15, 0.2) is 0 Å². The largest absolute Gasteiger partial charge is 0.488 e. The predicted molar refractivity (Wildman–Crippen MR) is 90.5 cm³/mol. The average molecular weight is 333 g/mol. The molecule has 2 N–H and O–H groups in total. The molecule has 3 nitrogen and oxygen atoms in total. The van der Waals surface area contributed by atoms with Crippen molar-refractivity contribution in [3.05, 3.63) is 70.0 Å². The molecule has 0 aromatic heterocycles. The first-order chi connectivity index (χ1) is 11.0. The van der Waals surface area contributed by atoms with Crippen molar-refractivity contribution in [1.82, 2.24) is 5.01 Å². The van der Waals surface area contributed by atoms with E-state index >= 15 is 0 Å².